The molecule has 2 aromatic rings. The van der Waals surface area contributed by atoms with E-state index in [2.05, 4.69) is 35.9 Å². The van der Waals surface area contributed by atoms with Crippen LogP contribution in [0.15, 0.2) is 59.5 Å². The molecular weight excluding hydrogens is 384 g/mol. The molecule has 0 spiro atoms. The third-order valence-electron chi connectivity index (χ3n) is 5.61. The van der Waals surface area contributed by atoms with Crippen LogP contribution in [0.3, 0.4) is 0 Å². The van der Waals surface area contributed by atoms with E-state index in [9.17, 15) is 13.2 Å². The van der Waals surface area contributed by atoms with Crippen LogP contribution in [-0.2, 0) is 21.2 Å². The first kappa shape index (κ1) is 21.5. The van der Waals surface area contributed by atoms with Crippen LogP contribution in [-0.4, -0.2) is 38.9 Å². The average Bonchev–Trinajstić information content (AvgIpc) is 2.74. The fourth-order valence-electron chi connectivity index (χ4n) is 3.73. The fraction of sp³-hybridized carbons (Fsp3) is 0.435. The van der Waals surface area contributed by atoms with Gasteiger partial charge in [0, 0.05) is 26.1 Å². The summed E-state index contributed by atoms with van der Waals surface area (Å²) in [5.74, 6) is 0.676. The summed E-state index contributed by atoms with van der Waals surface area (Å²) in [6.45, 7) is 3.76. The molecule has 0 bridgehead atoms. The number of benzene rings is 2. The SMILES string of the molecule is Cc1ccc(CCC2CCN(C(=O)CCNS(=O)(=O)c3ccccc3)CC2)cc1. The van der Waals surface area contributed by atoms with Crippen LogP contribution in [0.4, 0.5) is 0 Å². The fourth-order valence-corrected chi connectivity index (χ4v) is 4.78. The lowest BCUT2D eigenvalue weighted by Gasteiger charge is -2.32. The number of carbonyl (C=O) groups excluding carboxylic acids is 1. The van der Waals surface area contributed by atoms with Crippen LogP contribution >= 0.6 is 0 Å². The number of rotatable bonds is 8. The number of carbonyl (C=O) groups is 1. The second-order valence-electron chi connectivity index (χ2n) is 7.81. The Bertz CT molecular complexity index is 887. The van der Waals surface area contributed by atoms with Gasteiger partial charge in [0.25, 0.3) is 0 Å². The Labute approximate surface area is 174 Å². The molecule has 5 nitrogen and oxygen atoms in total. The molecule has 0 aliphatic carbocycles. The van der Waals surface area contributed by atoms with Gasteiger partial charge < -0.3 is 4.90 Å². The van der Waals surface area contributed by atoms with Crippen LogP contribution in [0, 0.1) is 12.8 Å². The molecule has 29 heavy (non-hydrogen) atoms. The first-order valence-electron chi connectivity index (χ1n) is 10.3. The predicted octanol–water partition coefficient (Wildman–Crippen LogP) is 3.53. The van der Waals surface area contributed by atoms with E-state index in [4.69, 9.17) is 0 Å². The van der Waals surface area contributed by atoms with E-state index in [0.717, 1.165) is 38.8 Å². The molecule has 1 amide bonds. The number of piperidine rings is 1. The van der Waals surface area contributed by atoms with Crippen molar-refractivity contribution in [3.8, 4) is 0 Å². The van der Waals surface area contributed by atoms with Crippen LogP contribution in [0.1, 0.15) is 36.8 Å². The van der Waals surface area contributed by atoms with Gasteiger partial charge in [-0.3, -0.25) is 4.79 Å². The zero-order valence-corrected chi connectivity index (χ0v) is 17.8. The highest BCUT2D eigenvalue weighted by Gasteiger charge is 2.23. The summed E-state index contributed by atoms with van der Waals surface area (Å²) in [5, 5.41) is 0. The first-order valence-corrected chi connectivity index (χ1v) is 11.8. The molecule has 0 aromatic heterocycles. The Hall–Kier alpha value is -2.18. The third-order valence-corrected chi connectivity index (χ3v) is 7.09. The highest BCUT2D eigenvalue weighted by molar-refractivity contribution is 7.89. The highest BCUT2D eigenvalue weighted by atomic mass is 32.2. The van der Waals surface area contributed by atoms with Gasteiger partial charge in [-0.2, -0.15) is 0 Å². The number of hydrogen-bond donors (Lipinski definition) is 1. The van der Waals surface area contributed by atoms with Crippen molar-refractivity contribution >= 4 is 15.9 Å². The molecule has 0 saturated carbocycles. The number of amides is 1. The molecule has 0 atom stereocenters. The second-order valence-corrected chi connectivity index (χ2v) is 9.58. The molecule has 2 aromatic carbocycles. The number of aryl methyl sites for hydroxylation is 2. The Morgan fingerprint density at radius 3 is 2.34 bits per heavy atom. The minimum absolute atomic E-state index is 0.0257. The third kappa shape index (κ3) is 6.41. The Kier molecular flexibility index (Phi) is 7.45. The summed E-state index contributed by atoms with van der Waals surface area (Å²) in [5.41, 5.74) is 2.66. The van der Waals surface area contributed by atoms with Crippen molar-refractivity contribution in [3.63, 3.8) is 0 Å². The van der Waals surface area contributed by atoms with Crippen molar-refractivity contribution < 1.29 is 13.2 Å². The molecule has 1 fully saturated rings. The number of sulfonamides is 1. The molecule has 156 valence electrons. The number of nitrogens with one attached hydrogen (secondary N) is 1. The minimum Gasteiger partial charge on any atom is -0.343 e. The Balaban J connectivity index is 1.37. The summed E-state index contributed by atoms with van der Waals surface area (Å²) in [6.07, 6.45) is 4.48. The Morgan fingerprint density at radius 1 is 1.03 bits per heavy atom. The van der Waals surface area contributed by atoms with E-state index >= 15 is 0 Å². The molecule has 6 heteroatoms. The summed E-state index contributed by atoms with van der Waals surface area (Å²) in [7, 11) is -3.55. The summed E-state index contributed by atoms with van der Waals surface area (Å²) in [6, 6.07) is 16.9. The summed E-state index contributed by atoms with van der Waals surface area (Å²) >= 11 is 0. The van der Waals surface area contributed by atoms with Gasteiger partial charge in [-0.15, -0.1) is 0 Å². The highest BCUT2D eigenvalue weighted by Crippen LogP contribution is 2.23. The zero-order chi connectivity index (χ0) is 20.7. The van der Waals surface area contributed by atoms with Crippen molar-refractivity contribution in [2.24, 2.45) is 5.92 Å². The van der Waals surface area contributed by atoms with Gasteiger partial charge in [0.15, 0.2) is 0 Å². The van der Waals surface area contributed by atoms with Crippen LogP contribution in [0.2, 0.25) is 0 Å². The van der Waals surface area contributed by atoms with Gasteiger partial charge in [-0.25, -0.2) is 13.1 Å². The number of nitrogens with zero attached hydrogens (tertiary/aromatic N) is 1. The van der Waals surface area contributed by atoms with E-state index in [1.807, 2.05) is 4.90 Å². The maximum Gasteiger partial charge on any atom is 0.240 e. The van der Waals surface area contributed by atoms with Crippen molar-refractivity contribution in [1.29, 1.82) is 0 Å². The molecule has 0 radical (unpaired) electrons. The largest absolute Gasteiger partial charge is 0.343 e. The maximum atomic E-state index is 12.4. The molecule has 0 unspecified atom stereocenters. The summed E-state index contributed by atoms with van der Waals surface area (Å²) < 4.78 is 26.9. The van der Waals surface area contributed by atoms with Gasteiger partial charge in [0.05, 0.1) is 4.90 Å². The molecule has 1 heterocycles. The van der Waals surface area contributed by atoms with Gasteiger partial charge in [-0.05, 0) is 56.2 Å². The van der Waals surface area contributed by atoms with Crippen LogP contribution in [0.5, 0.6) is 0 Å². The maximum absolute atomic E-state index is 12.4. The van der Waals surface area contributed by atoms with E-state index < -0.39 is 10.0 Å². The van der Waals surface area contributed by atoms with Gasteiger partial charge >= 0.3 is 0 Å². The smallest absolute Gasteiger partial charge is 0.240 e. The molecular formula is C23H30N2O3S. The van der Waals surface area contributed by atoms with E-state index in [1.54, 1.807) is 30.3 Å². The second kappa shape index (κ2) is 10.0. The van der Waals surface area contributed by atoms with Gasteiger partial charge in [-0.1, -0.05) is 48.0 Å². The monoisotopic (exact) mass is 414 g/mol. The van der Waals surface area contributed by atoms with Gasteiger partial charge in [0.1, 0.15) is 0 Å². The minimum atomic E-state index is -3.55. The lowest BCUT2D eigenvalue weighted by Crippen LogP contribution is -2.40. The van der Waals surface area contributed by atoms with Crippen LogP contribution < -0.4 is 4.72 Å². The van der Waals surface area contributed by atoms with Gasteiger partial charge in [0.2, 0.25) is 15.9 Å². The van der Waals surface area contributed by atoms with E-state index in [-0.39, 0.29) is 23.8 Å². The number of likely N-dealkylation sites (tertiary alicyclic amines) is 1. The van der Waals surface area contributed by atoms with Crippen LogP contribution in [0.25, 0.3) is 0 Å². The van der Waals surface area contributed by atoms with Crippen molar-refractivity contribution in [2.45, 2.75) is 43.9 Å². The molecule has 3 rings (SSSR count). The summed E-state index contributed by atoms with van der Waals surface area (Å²) in [4.78, 5) is 14.5. The topological polar surface area (TPSA) is 66.5 Å². The molecule has 1 N–H and O–H groups in total. The van der Waals surface area contributed by atoms with Crippen molar-refractivity contribution in [3.05, 3.63) is 65.7 Å². The molecule has 1 saturated heterocycles. The number of hydrogen-bond acceptors (Lipinski definition) is 3. The standard InChI is InChI=1S/C23H30N2O3S/c1-19-7-9-20(10-8-19)11-12-21-14-17-25(18-15-21)23(26)13-16-24-29(27,28)22-5-3-2-4-6-22/h2-10,21,24H,11-18H2,1H3. The molecule has 1 aliphatic rings. The lowest BCUT2D eigenvalue weighted by atomic mass is 9.90. The zero-order valence-electron chi connectivity index (χ0n) is 17.0. The lowest BCUT2D eigenvalue weighted by molar-refractivity contribution is -0.132. The van der Waals surface area contributed by atoms with E-state index in [1.165, 1.54) is 11.1 Å². The Morgan fingerprint density at radius 2 is 1.69 bits per heavy atom. The molecule has 1 aliphatic heterocycles. The first-order chi connectivity index (χ1) is 13.9. The van der Waals surface area contributed by atoms with E-state index in [0.29, 0.717) is 5.92 Å². The normalized spacial score (nSPS) is 15.4. The van der Waals surface area contributed by atoms with Crippen molar-refractivity contribution in [1.82, 2.24) is 9.62 Å². The van der Waals surface area contributed by atoms with Crippen molar-refractivity contribution in [2.75, 3.05) is 19.6 Å². The predicted molar refractivity (Wildman–Crippen MR) is 115 cm³/mol. The quantitative estimate of drug-likeness (QED) is 0.719. The average molecular weight is 415 g/mol.